The van der Waals surface area contributed by atoms with Gasteiger partial charge in [0.2, 0.25) is 0 Å². The molecule has 14 heavy (non-hydrogen) atoms. The zero-order chi connectivity index (χ0) is 10.2. The molecule has 0 saturated carbocycles. The Morgan fingerprint density at radius 2 is 2.00 bits per heavy atom. The van der Waals surface area contributed by atoms with Gasteiger partial charge in [0.05, 0.1) is 6.61 Å². The van der Waals surface area contributed by atoms with Crippen LogP contribution >= 0.6 is 0 Å². The number of aliphatic hydroxyl groups excluding tert-OH is 1. The van der Waals surface area contributed by atoms with E-state index < -0.39 is 0 Å². The van der Waals surface area contributed by atoms with Crippen molar-refractivity contribution < 1.29 is 9.84 Å². The number of benzene rings is 1. The lowest BCUT2D eigenvalue weighted by Crippen LogP contribution is -2.00. The number of unbranched alkanes of at least 4 members (excludes halogenated alkanes) is 1. The minimum atomic E-state index is 0.249. The highest BCUT2D eigenvalue weighted by Gasteiger charge is 1.99. The van der Waals surface area contributed by atoms with Crippen LogP contribution in [0.2, 0.25) is 0 Å². The molecule has 0 atom stereocenters. The van der Waals surface area contributed by atoms with Crippen molar-refractivity contribution in [2.45, 2.75) is 26.2 Å². The van der Waals surface area contributed by atoms with Crippen molar-refractivity contribution in [2.75, 3.05) is 13.2 Å². The molecule has 1 aromatic carbocycles. The van der Waals surface area contributed by atoms with E-state index in [4.69, 9.17) is 9.84 Å². The topological polar surface area (TPSA) is 29.5 Å². The van der Waals surface area contributed by atoms with Gasteiger partial charge in [0.15, 0.2) is 0 Å². The first-order valence-corrected chi connectivity index (χ1v) is 5.20. The molecule has 1 N–H and O–H groups in total. The zero-order valence-electron chi connectivity index (χ0n) is 8.70. The van der Waals surface area contributed by atoms with Gasteiger partial charge in [-0.25, -0.2) is 0 Å². The van der Waals surface area contributed by atoms with Gasteiger partial charge in [-0.15, -0.1) is 0 Å². The molecule has 1 aromatic rings. The molecule has 0 amide bonds. The van der Waals surface area contributed by atoms with Gasteiger partial charge in [-0.05, 0) is 30.9 Å². The molecule has 0 heterocycles. The number of ether oxygens (including phenoxy) is 1. The second-order valence-corrected chi connectivity index (χ2v) is 3.24. The summed E-state index contributed by atoms with van der Waals surface area (Å²) in [4.78, 5) is 0. The van der Waals surface area contributed by atoms with Crippen LogP contribution in [0.1, 0.15) is 25.3 Å². The van der Waals surface area contributed by atoms with E-state index >= 15 is 0 Å². The maximum atomic E-state index is 8.61. The van der Waals surface area contributed by atoms with Crippen LogP contribution < -0.4 is 4.74 Å². The molecule has 0 saturated heterocycles. The highest BCUT2D eigenvalue weighted by molar-refractivity contribution is 5.33. The SMILES string of the molecule is CCc1ccccc1OCCCCO. The number of aliphatic hydroxyl groups is 1. The fourth-order valence-electron chi connectivity index (χ4n) is 1.33. The molecule has 0 radical (unpaired) electrons. The summed E-state index contributed by atoms with van der Waals surface area (Å²) in [6.45, 7) is 3.06. The zero-order valence-corrected chi connectivity index (χ0v) is 8.70. The number of hydrogen-bond donors (Lipinski definition) is 1. The first-order valence-electron chi connectivity index (χ1n) is 5.20. The Morgan fingerprint density at radius 1 is 1.21 bits per heavy atom. The van der Waals surface area contributed by atoms with E-state index in [-0.39, 0.29) is 6.61 Å². The van der Waals surface area contributed by atoms with Gasteiger partial charge in [-0.1, -0.05) is 25.1 Å². The first-order chi connectivity index (χ1) is 6.88. The van der Waals surface area contributed by atoms with Crippen LogP contribution in [-0.2, 0) is 6.42 Å². The number of para-hydroxylation sites is 1. The summed E-state index contributed by atoms with van der Waals surface area (Å²) >= 11 is 0. The maximum absolute atomic E-state index is 8.61. The fraction of sp³-hybridized carbons (Fsp3) is 0.500. The summed E-state index contributed by atoms with van der Waals surface area (Å²) in [5.74, 6) is 0.980. The monoisotopic (exact) mass is 194 g/mol. The summed E-state index contributed by atoms with van der Waals surface area (Å²) in [5.41, 5.74) is 1.25. The summed E-state index contributed by atoms with van der Waals surface area (Å²) in [7, 11) is 0. The molecule has 0 spiro atoms. The smallest absolute Gasteiger partial charge is 0.122 e. The lowest BCUT2D eigenvalue weighted by molar-refractivity contribution is 0.252. The minimum absolute atomic E-state index is 0.249. The molecular formula is C12H18O2. The highest BCUT2D eigenvalue weighted by atomic mass is 16.5. The quantitative estimate of drug-likeness (QED) is 0.705. The van der Waals surface area contributed by atoms with Crippen LogP contribution in [0, 0.1) is 0 Å². The first kappa shape index (κ1) is 11.1. The van der Waals surface area contributed by atoms with Crippen LogP contribution in [0.25, 0.3) is 0 Å². The molecule has 0 unspecified atom stereocenters. The van der Waals surface area contributed by atoms with E-state index in [9.17, 15) is 0 Å². The Bertz CT molecular complexity index is 258. The Morgan fingerprint density at radius 3 is 2.71 bits per heavy atom. The largest absolute Gasteiger partial charge is 0.493 e. The molecule has 2 nitrogen and oxygen atoms in total. The Hall–Kier alpha value is -1.02. The average Bonchev–Trinajstić information content (AvgIpc) is 2.25. The van der Waals surface area contributed by atoms with Crippen LogP contribution in [0.4, 0.5) is 0 Å². The van der Waals surface area contributed by atoms with E-state index in [0.29, 0.717) is 6.61 Å². The summed E-state index contributed by atoms with van der Waals surface area (Å²) in [6, 6.07) is 8.10. The van der Waals surface area contributed by atoms with Crippen LogP contribution in [0.15, 0.2) is 24.3 Å². The summed E-state index contributed by atoms with van der Waals surface area (Å²) < 4.78 is 5.62. The second kappa shape index (κ2) is 6.44. The third-order valence-electron chi connectivity index (χ3n) is 2.16. The third-order valence-corrected chi connectivity index (χ3v) is 2.16. The van der Waals surface area contributed by atoms with Gasteiger partial charge in [0.25, 0.3) is 0 Å². The number of rotatable bonds is 6. The van der Waals surface area contributed by atoms with Crippen molar-refractivity contribution in [3.8, 4) is 5.75 Å². The summed E-state index contributed by atoms with van der Waals surface area (Å²) in [6.07, 6.45) is 2.72. The van der Waals surface area contributed by atoms with Gasteiger partial charge in [-0.3, -0.25) is 0 Å². The predicted molar refractivity (Wildman–Crippen MR) is 57.6 cm³/mol. The standard InChI is InChI=1S/C12H18O2/c1-2-11-7-3-4-8-12(11)14-10-6-5-9-13/h3-4,7-8,13H,2,5-6,9-10H2,1H3. The van der Waals surface area contributed by atoms with Crippen molar-refractivity contribution in [2.24, 2.45) is 0 Å². The van der Waals surface area contributed by atoms with Crippen molar-refractivity contribution in [3.63, 3.8) is 0 Å². The van der Waals surface area contributed by atoms with E-state index in [0.717, 1.165) is 25.0 Å². The molecule has 0 aliphatic carbocycles. The molecule has 78 valence electrons. The third kappa shape index (κ3) is 3.38. The number of aryl methyl sites for hydroxylation is 1. The molecule has 0 fully saturated rings. The molecule has 1 rings (SSSR count). The van der Waals surface area contributed by atoms with Crippen LogP contribution in [0.5, 0.6) is 5.75 Å². The van der Waals surface area contributed by atoms with Crippen LogP contribution in [-0.4, -0.2) is 18.3 Å². The summed E-state index contributed by atoms with van der Waals surface area (Å²) in [5, 5.41) is 8.61. The van der Waals surface area contributed by atoms with Crippen molar-refractivity contribution in [3.05, 3.63) is 29.8 Å². The Balaban J connectivity index is 2.41. The second-order valence-electron chi connectivity index (χ2n) is 3.24. The normalized spacial score (nSPS) is 10.1. The lowest BCUT2D eigenvalue weighted by Gasteiger charge is -2.09. The molecule has 0 aliphatic rings. The van der Waals surface area contributed by atoms with Crippen molar-refractivity contribution in [1.29, 1.82) is 0 Å². The van der Waals surface area contributed by atoms with Gasteiger partial charge in [-0.2, -0.15) is 0 Å². The Kier molecular flexibility index (Phi) is 5.08. The van der Waals surface area contributed by atoms with Crippen molar-refractivity contribution >= 4 is 0 Å². The predicted octanol–water partition coefficient (Wildman–Crippen LogP) is 2.40. The molecular weight excluding hydrogens is 176 g/mol. The number of hydrogen-bond acceptors (Lipinski definition) is 2. The maximum Gasteiger partial charge on any atom is 0.122 e. The minimum Gasteiger partial charge on any atom is -0.493 e. The molecule has 0 aromatic heterocycles. The van der Waals surface area contributed by atoms with Gasteiger partial charge >= 0.3 is 0 Å². The molecule has 0 aliphatic heterocycles. The van der Waals surface area contributed by atoms with E-state index in [1.807, 2.05) is 18.2 Å². The average molecular weight is 194 g/mol. The van der Waals surface area contributed by atoms with E-state index in [1.165, 1.54) is 5.56 Å². The van der Waals surface area contributed by atoms with Crippen molar-refractivity contribution in [1.82, 2.24) is 0 Å². The van der Waals surface area contributed by atoms with E-state index in [1.54, 1.807) is 0 Å². The van der Waals surface area contributed by atoms with Gasteiger partial charge < -0.3 is 9.84 Å². The lowest BCUT2D eigenvalue weighted by atomic mass is 10.1. The molecule has 0 bridgehead atoms. The van der Waals surface area contributed by atoms with Crippen LogP contribution in [0.3, 0.4) is 0 Å². The van der Waals surface area contributed by atoms with E-state index in [2.05, 4.69) is 13.0 Å². The highest BCUT2D eigenvalue weighted by Crippen LogP contribution is 2.18. The molecule has 2 heteroatoms. The van der Waals surface area contributed by atoms with Gasteiger partial charge in [0.1, 0.15) is 5.75 Å². The Labute approximate surface area is 85.5 Å². The fourth-order valence-corrected chi connectivity index (χ4v) is 1.33. The van der Waals surface area contributed by atoms with Gasteiger partial charge in [0, 0.05) is 6.61 Å².